The zero-order valence-corrected chi connectivity index (χ0v) is 17.5. The summed E-state index contributed by atoms with van der Waals surface area (Å²) in [5.74, 6) is 2.40. The lowest BCUT2D eigenvalue weighted by Gasteiger charge is -2.34. The summed E-state index contributed by atoms with van der Waals surface area (Å²) in [7, 11) is 1.63. The molecule has 0 unspecified atom stereocenters. The number of ether oxygens (including phenoxy) is 1. The van der Waals surface area contributed by atoms with Crippen LogP contribution in [0.1, 0.15) is 18.7 Å². The third-order valence-electron chi connectivity index (χ3n) is 5.32. The molecule has 154 valence electrons. The Balaban J connectivity index is 1.34. The second-order valence-electron chi connectivity index (χ2n) is 7.33. The van der Waals surface area contributed by atoms with Gasteiger partial charge in [-0.25, -0.2) is 0 Å². The molecular weight excluding hydrogens is 390 g/mol. The quantitative estimate of drug-likeness (QED) is 0.669. The summed E-state index contributed by atoms with van der Waals surface area (Å²) in [6.45, 7) is 4.35. The molecule has 9 heteroatoms. The molecule has 1 aromatic heterocycles. The van der Waals surface area contributed by atoms with Crippen molar-refractivity contribution in [2.24, 2.45) is 5.92 Å². The molecule has 2 aromatic rings. The smallest absolute Gasteiger partial charge is 0.233 e. The summed E-state index contributed by atoms with van der Waals surface area (Å²) in [5.41, 5.74) is 0.926. The van der Waals surface area contributed by atoms with E-state index in [1.54, 1.807) is 7.11 Å². The minimum absolute atomic E-state index is 0.0652. The maximum absolute atomic E-state index is 12.7. The molecule has 1 aliphatic carbocycles. The average molecular weight is 416 g/mol. The van der Waals surface area contributed by atoms with Crippen molar-refractivity contribution in [2.75, 3.05) is 39.0 Å². The number of carbonyl (C=O) groups excluding carboxylic acids is 2. The predicted octanol–water partition coefficient (Wildman–Crippen LogP) is 1.76. The first kappa shape index (κ1) is 19.8. The van der Waals surface area contributed by atoms with Crippen LogP contribution < -0.4 is 4.74 Å². The van der Waals surface area contributed by atoms with Gasteiger partial charge in [0.15, 0.2) is 5.16 Å². The van der Waals surface area contributed by atoms with Crippen LogP contribution in [-0.2, 0) is 9.59 Å². The number of benzene rings is 1. The molecule has 0 radical (unpaired) electrons. The molecule has 29 heavy (non-hydrogen) atoms. The zero-order chi connectivity index (χ0) is 20.4. The summed E-state index contributed by atoms with van der Waals surface area (Å²) in [6, 6.07) is 7.65. The average Bonchev–Trinajstić information content (AvgIpc) is 3.54. The van der Waals surface area contributed by atoms with Gasteiger partial charge in [-0.3, -0.25) is 14.2 Å². The van der Waals surface area contributed by atoms with Gasteiger partial charge in [-0.05, 0) is 44.0 Å². The van der Waals surface area contributed by atoms with E-state index < -0.39 is 0 Å². The van der Waals surface area contributed by atoms with Crippen molar-refractivity contribution < 1.29 is 14.3 Å². The van der Waals surface area contributed by atoms with Gasteiger partial charge >= 0.3 is 0 Å². The minimum Gasteiger partial charge on any atom is -0.497 e. The number of piperazine rings is 1. The molecule has 2 fully saturated rings. The van der Waals surface area contributed by atoms with Gasteiger partial charge in [-0.1, -0.05) is 11.8 Å². The molecule has 2 aliphatic rings. The number of thioether (sulfide) groups is 1. The van der Waals surface area contributed by atoms with Crippen LogP contribution in [0.3, 0.4) is 0 Å². The zero-order valence-electron chi connectivity index (χ0n) is 16.7. The molecule has 1 saturated heterocycles. The fourth-order valence-electron chi connectivity index (χ4n) is 3.45. The molecule has 0 spiro atoms. The molecule has 0 bridgehead atoms. The van der Waals surface area contributed by atoms with Gasteiger partial charge < -0.3 is 14.5 Å². The van der Waals surface area contributed by atoms with E-state index in [9.17, 15) is 9.59 Å². The number of aromatic nitrogens is 3. The fourth-order valence-corrected chi connectivity index (χ4v) is 4.35. The van der Waals surface area contributed by atoms with Crippen LogP contribution >= 0.6 is 11.8 Å². The topological polar surface area (TPSA) is 80.6 Å². The van der Waals surface area contributed by atoms with Crippen LogP contribution in [0.15, 0.2) is 29.4 Å². The van der Waals surface area contributed by atoms with E-state index in [-0.39, 0.29) is 17.7 Å². The normalized spacial score (nSPS) is 16.8. The Morgan fingerprint density at radius 1 is 1.07 bits per heavy atom. The summed E-state index contributed by atoms with van der Waals surface area (Å²) in [6.07, 6.45) is 2.03. The van der Waals surface area contributed by atoms with Crippen LogP contribution in [0.25, 0.3) is 5.69 Å². The Morgan fingerprint density at radius 2 is 1.72 bits per heavy atom. The number of hydrogen-bond acceptors (Lipinski definition) is 6. The van der Waals surface area contributed by atoms with E-state index in [1.807, 2.05) is 45.6 Å². The number of rotatable bonds is 6. The standard InChI is InChI=1S/C20H25N5O3S/c1-14-21-22-20(25(14)16-5-7-17(28-2)8-6-16)29-13-18(26)23-9-11-24(12-10-23)19(27)15-3-4-15/h5-8,15H,3-4,9-13H2,1-2H3. The molecule has 8 nitrogen and oxygen atoms in total. The molecule has 1 aromatic carbocycles. The van der Waals surface area contributed by atoms with Crippen molar-refractivity contribution in [3.05, 3.63) is 30.1 Å². The highest BCUT2D eigenvalue weighted by atomic mass is 32.2. The largest absolute Gasteiger partial charge is 0.497 e. The molecule has 2 amide bonds. The van der Waals surface area contributed by atoms with Crippen LogP contribution in [0, 0.1) is 12.8 Å². The molecule has 1 saturated carbocycles. The first-order chi connectivity index (χ1) is 14.1. The van der Waals surface area contributed by atoms with Crippen molar-refractivity contribution in [2.45, 2.75) is 24.9 Å². The number of aryl methyl sites for hydroxylation is 1. The lowest BCUT2D eigenvalue weighted by atomic mass is 10.2. The van der Waals surface area contributed by atoms with Crippen molar-refractivity contribution in [1.29, 1.82) is 0 Å². The van der Waals surface area contributed by atoms with Crippen molar-refractivity contribution in [1.82, 2.24) is 24.6 Å². The van der Waals surface area contributed by atoms with Crippen molar-refractivity contribution >= 4 is 23.6 Å². The highest BCUT2D eigenvalue weighted by Crippen LogP contribution is 2.31. The molecule has 0 atom stereocenters. The van der Waals surface area contributed by atoms with E-state index in [0.29, 0.717) is 37.1 Å². The van der Waals surface area contributed by atoms with E-state index in [0.717, 1.165) is 30.1 Å². The van der Waals surface area contributed by atoms with Gasteiger partial charge in [0.25, 0.3) is 0 Å². The molecule has 1 aliphatic heterocycles. The van der Waals surface area contributed by atoms with Gasteiger partial charge in [-0.15, -0.1) is 10.2 Å². The number of amides is 2. The van der Waals surface area contributed by atoms with Gasteiger partial charge in [0, 0.05) is 37.8 Å². The maximum Gasteiger partial charge on any atom is 0.233 e. The Labute approximate surface area is 174 Å². The fraction of sp³-hybridized carbons (Fsp3) is 0.500. The molecular formula is C20H25N5O3S. The number of hydrogen-bond donors (Lipinski definition) is 0. The second-order valence-corrected chi connectivity index (χ2v) is 8.27. The summed E-state index contributed by atoms with van der Waals surface area (Å²) < 4.78 is 7.15. The lowest BCUT2D eigenvalue weighted by Crippen LogP contribution is -2.51. The minimum atomic E-state index is 0.0652. The molecule has 2 heterocycles. The lowest BCUT2D eigenvalue weighted by molar-refractivity contribution is -0.139. The second kappa shape index (κ2) is 8.44. The van der Waals surface area contributed by atoms with Crippen molar-refractivity contribution in [3.63, 3.8) is 0 Å². The molecule has 0 N–H and O–H groups in total. The first-order valence-electron chi connectivity index (χ1n) is 9.82. The Kier molecular flexibility index (Phi) is 5.75. The van der Waals surface area contributed by atoms with Crippen LogP contribution in [0.2, 0.25) is 0 Å². The monoisotopic (exact) mass is 415 g/mol. The van der Waals surface area contributed by atoms with Crippen molar-refractivity contribution in [3.8, 4) is 11.4 Å². The highest BCUT2D eigenvalue weighted by Gasteiger charge is 2.35. The Morgan fingerprint density at radius 3 is 2.34 bits per heavy atom. The SMILES string of the molecule is COc1ccc(-n2c(C)nnc2SCC(=O)N2CCN(C(=O)C3CC3)CC2)cc1. The van der Waals surface area contributed by atoms with E-state index in [2.05, 4.69) is 10.2 Å². The number of carbonyl (C=O) groups is 2. The Hall–Kier alpha value is -2.55. The highest BCUT2D eigenvalue weighted by molar-refractivity contribution is 7.99. The van der Waals surface area contributed by atoms with E-state index in [1.165, 1.54) is 11.8 Å². The summed E-state index contributed by atoms with van der Waals surface area (Å²) in [5, 5.41) is 9.09. The maximum atomic E-state index is 12.7. The van der Waals surface area contributed by atoms with Gasteiger partial charge in [0.05, 0.1) is 12.9 Å². The van der Waals surface area contributed by atoms with Crippen LogP contribution in [-0.4, -0.2) is 75.4 Å². The van der Waals surface area contributed by atoms with Crippen LogP contribution in [0.5, 0.6) is 5.75 Å². The van der Waals surface area contributed by atoms with Gasteiger partial charge in [0.1, 0.15) is 11.6 Å². The number of methoxy groups -OCH3 is 1. The predicted molar refractivity (Wildman–Crippen MR) is 109 cm³/mol. The van der Waals surface area contributed by atoms with Crippen LogP contribution in [0.4, 0.5) is 0 Å². The summed E-state index contributed by atoms with van der Waals surface area (Å²) >= 11 is 1.38. The third kappa shape index (κ3) is 4.39. The van der Waals surface area contributed by atoms with Gasteiger partial charge in [-0.2, -0.15) is 0 Å². The summed E-state index contributed by atoms with van der Waals surface area (Å²) in [4.78, 5) is 28.6. The first-order valence-corrected chi connectivity index (χ1v) is 10.8. The van der Waals surface area contributed by atoms with E-state index in [4.69, 9.17) is 4.74 Å². The Bertz CT molecular complexity index is 886. The number of nitrogens with zero attached hydrogens (tertiary/aromatic N) is 5. The molecule has 4 rings (SSSR count). The van der Waals surface area contributed by atoms with Gasteiger partial charge in [0.2, 0.25) is 11.8 Å². The van der Waals surface area contributed by atoms with E-state index >= 15 is 0 Å². The third-order valence-corrected chi connectivity index (χ3v) is 6.23.